The van der Waals surface area contributed by atoms with Gasteiger partial charge >= 0.3 is 0 Å². The number of benzene rings is 2. The van der Waals surface area contributed by atoms with Gasteiger partial charge in [0, 0.05) is 25.2 Å². The number of aromatic nitrogens is 2. The topological polar surface area (TPSA) is 83.3 Å². The van der Waals surface area contributed by atoms with E-state index in [9.17, 15) is 4.79 Å². The maximum absolute atomic E-state index is 12.5. The van der Waals surface area contributed by atoms with Crippen molar-refractivity contribution >= 4 is 24.0 Å². The van der Waals surface area contributed by atoms with Gasteiger partial charge in [-0.05, 0) is 31.3 Å². The molecule has 0 radical (unpaired) electrons. The van der Waals surface area contributed by atoms with Gasteiger partial charge in [-0.25, -0.2) is 0 Å². The molecule has 28 heavy (non-hydrogen) atoms. The highest BCUT2D eigenvalue weighted by Gasteiger charge is 2.26. The number of nitrogens with zero attached hydrogens (tertiary/aromatic N) is 3. The molecule has 1 aliphatic rings. The fourth-order valence-corrected chi connectivity index (χ4v) is 3.14. The number of likely N-dealkylation sites (N-methyl/N-ethyl adjacent to an activating group) is 1. The molecule has 3 aromatic rings. The first-order chi connectivity index (χ1) is 13.2. The fourth-order valence-electron chi connectivity index (χ4n) is 3.14. The van der Waals surface area contributed by atoms with E-state index >= 15 is 0 Å². The summed E-state index contributed by atoms with van der Waals surface area (Å²) in [6.45, 7) is 2.66. The van der Waals surface area contributed by atoms with E-state index in [2.05, 4.69) is 32.7 Å². The van der Waals surface area contributed by atoms with Crippen LogP contribution in [0.15, 0.2) is 59.1 Å². The number of nitrogens with one attached hydrogen (secondary N) is 2. The number of piperazine rings is 1. The van der Waals surface area contributed by atoms with Crippen molar-refractivity contribution in [3.05, 3.63) is 66.0 Å². The normalized spacial score (nSPS) is 17.0. The molecule has 7 nitrogen and oxygen atoms in total. The monoisotopic (exact) mass is 399 g/mol. The highest BCUT2D eigenvalue weighted by atomic mass is 35.5. The summed E-state index contributed by atoms with van der Waals surface area (Å²) >= 11 is 0. The van der Waals surface area contributed by atoms with E-state index in [1.165, 1.54) is 0 Å². The maximum atomic E-state index is 12.5. The van der Waals surface area contributed by atoms with Crippen LogP contribution < -0.4 is 10.6 Å². The maximum Gasteiger partial charge on any atom is 0.260 e. The largest absolute Gasteiger partial charge is 0.334 e. The summed E-state index contributed by atoms with van der Waals surface area (Å²) in [6.07, 6.45) is 0. The lowest BCUT2D eigenvalue weighted by Gasteiger charge is -2.30. The second-order valence-corrected chi connectivity index (χ2v) is 6.52. The predicted molar refractivity (Wildman–Crippen MR) is 110 cm³/mol. The number of carbonyl (C=O) groups is 1. The van der Waals surface area contributed by atoms with Crippen LogP contribution in [-0.2, 0) is 0 Å². The van der Waals surface area contributed by atoms with Gasteiger partial charge < -0.3 is 15.2 Å². The van der Waals surface area contributed by atoms with Gasteiger partial charge in [-0.2, -0.15) is 4.98 Å². The zero-order valence-electron chi connectivity index (χ0n) is 15.5. The summed E-state index contributed by atoms with van der Waals surface area (Å²) in [4.78, 5) is 19.3. The van der Waals surface area contributed by atoms with E-state index in [0.717, 1.165) is 19.6 Å². The van der Waals surface area contributed by atoms with Gasteiger partial charge in [0.15, 0.2) is 5.82 Å². The molecular weight excluding hydrogens is 378 g/mol. The van der Waals surface area contributed by atoms with Crippen LogP contribution in [0.25, 0.3) is 11.5 Å². The minimum absolute atomic E-state index is 0. The Morgan fingerprint density at radius 3 is 2.71 bits per heavy atom. The number of rotatable bonds is 4. The molecule has 4 rings (SSSR count). The van der Waals surface area contributed by atoms with Crippen molar-refractivity contribution in [2.24, 2.45) is 0 Å². The van der Waals surface area contributed by atoms with E-state index in [4.69, 9.17) is 4.52 Å². The minimum atomic E-state index is -0.181. The van der Waals surface area contributed by atoms with Gasteiger partial charge in [0.25, 0.3) is 11.8 Å². The van der Waals surface area contributed by atoms with Crippen LogP contribution in [0.4, 0.5) is 5.69 Å². The zero-order valence-corrected chi connectivity index (χ0v) is 16.3. The summed E-state index contributed by atoms with van der Waals surface area (Å²) in [5.74, 6) is 0.857. The molecule has 0 bridgehead atoms. The average molecular weight is 400 g/mol. The van der Waals surface area contributed by atoms with Gasteiger partial charge in [-0.1, -0.05) is 35.5 Å². The lowest BCUT2D eigenvalue weighted by molar-refractivity contribution is 0.102. The number of amides is 1. The van der Waals surface area contributed by atoms with Crippen molar-refractivity contribution < 1.29 is 9.32 Å². The Morgan fingerprint density at radius 1 is 1.18 bits per heavy atom. The van der Waals surface area contributed by atoms with Crippen molar-refractivity contribution in [3.63, 3.8) is 0 Å². The van der Waals surface area contributed by atoms with Gasteiger partial charge in [0.05, 0.1) is 17.3 Å². The van der Waals surface area contributed by atoms with Crippen LogP contribution >= 0.6 is 12.4 Å². The Kier molecular flexibility index (Phi) is 6.41. The summed E-state index contributed by atoms with van der Waals surface area (Å²) in [7, 11) is 2.05. The Labute approximate surface area is 169 Å². The number of halogens is 1. The number of anilines is 1. The predicted octanol–water partition coefficient (Wildman–Crippen LogP) is 2.99. The van der Waals surface area contributed by atoms with E-state index in [1.807, 2.05) is 42.5 Å². The quantitative estimate of drug-likeness (QED) is 0.701. The Hall–Kier alpha value is -2.74. The third-order valence-electron chi connectivity index (χ3n) is 4.69. The third kappa shape index (κ3) is 4.22. The molecular formula is C20H22ClN5O2. The van der Waals surface area contributed by atoms with Crippen molar-refractivity contribution in [2.45, 2.75) is 6.04 Å². The first kappa shape index (κ1) is 20.0. The molecule has 0 saturated carbocycles. The molecule has 2 heterocycles. The fraction of sp³-hybridized carbons (Fsp3) is 0.250. The Bertz CT molecular complexity index is 931. The standard InChI is InChI=1S/C20H21N5O2.ClH/c1-25-12-11-21-13-17(25)18-23-20(27-24-18)15-9-5-6-10-16(15)22-19(26)14-7-3-2-4-8-14;/h2-10,17,21H,11-13H2,1H3,(H,22,26);1H. The van der Waals surface area contributed by atoms with Crippen LogP contribution in [0.5, 0.6) is 0 Å². The SMILES string of the molecule is CN1CCNCC1c1noc(-c2ccccc2NC(=O)c2ccccc2)n1.Cl. The molecule has 0 spiro atoms. The molecule has 1 aliphatic heterocycles. The summed E-state index contributed by atoms with van der Waals surface area (Å²) < 4.78 is 5.51. The molecule has 1 saturated heterocycles. The minimum Gasteiger partial charge on any atom is -0.334 e. The van der Waals surface area contributed by atoms with E-state index < -0.39 is 0 Å². The smallest absolute Gasteiger partial charge is 0.260 e. The molecule has 8 heteroatoms. The van der Waals surface area contributed by atoms with E-state index in [1.54, 1.807) is 12.1 Å². The van der Waals surface area contributed by atoms with Gasteiger partial charge in [-0.15, -0.1) is 12.4 Å². The molecule has 1 atom stereocenters. The summed E-state index contributed by atoms with van der Waals surface area (Å²) in [5.41, 5.74) is 1.93. The zero-order chi connectivity index (χ0) is 18.6. The van der Waals surface area contributed by atoms with Gasteiger partial charge in [-0.3, -0.25) is 9.69 Å². The van der Waals surface area contributed by atoms with E-state index in [-0.39, 0.29) is 24.4 Å². The number of hydrogen-bond acceptors (Lipinski definition) is 6. The molecule has 1 amide bonds. The summed E-state index contributed by atoms with van der Waals surface area (Å²) in [5, 5.41) is 10.4. The highest BCUT2D eigenvalue weighted by molar-refractivity contribution is 6.05. The molecule has 2 N–H and O–H groups in total. The molecule has 146 valence electrons. The number of hydrogen-bond donors (Lipinski definition) is 2. The van der Waals surface area contributed by atoms with Gasteiger partial charge in [0.1, 0.15) is 0 Å². The Balaban J connectivity index is 0.00000225. The molecule has 0 aliphatic carbocycles. The molecule has 2 aromatic carbocycles. The van der Waals surface area contributed by atoms with Crippen LogP contribution in [0, 0.1) is 0 Å². The van der Waals surface area contributed by atoms with Crippen molar-refractivity contribution in [3.8, 4) is 11.5 Å². The van der Waals surface area contributed by atoms with Crippen molar-refractivity contribution in [1.82, 2.24) is 20.4 Å². The number of para-hydroxylation sites is 1. The highest BCUT2D eigenvalue weighted by Crippen LogP contribution is 2.28. The number of carbonyl (C=O) groups excluding carboxylic acids is 1. The first-order valence-corrected chi connectivity index (χ1v) is 8.93. The summed E-state index contributed by atoms with van der Waals surface area (Å²) in [6, 6.07) is 16.6. The van der Waals surface area contributed by atoms with Crippen molar-refractivity contribution in [2.75, 3.05) is 32.0 Å². The van der Waals surface area contributed by atoms with Crippen LogP contribution in [0.2, 0.25) is 0 Å². The molecule has 1 aromatic heterocycles. The molecule has 1 fully saturated rings. The van der Waals surface area contributed by atoms with Gasteiger partial charge in [0.2, 0.25) is 0 Å². The van der Waals surface area contributed by atoms with Crippen LogP contribution in [-0.4, -0.2) is 47.6 Å². The first-order valence-electron chi connectivity index (χ1n) is 8.93. The van der Waals surface area contributed by atoms with Crippen LogP contribution in [0.3, 0.4) is 0 Å². The lowest BCUT2D eigenvalue weighted by Crippen LogP contribution is -2.44. The molecule has 1 unspecified atom stereocenters. The Morgan fingerprint density at radius 2 is 1.93 bits per heavy atom. The lowest BCUT2D eigenvalue weighted by atomic mass is 10.1. The average Bonchev–Trinajstić information content (AvgIpc) is 3.19. The third-order valence-corrected chi connectivity index (χ3v) is 4.69. The van der Waals surface area contributed by atoms with E-state index in [0.29, 0.717) is 28.5 Å². The van der Waals surface area contributed by atoms with Crippen molar-refractivity contribution in [1.29, 1.82) is 0 Å². The van der Waals surface area contributed by atoms with Crippen LogP contribution in [0.1, 0.15) is 22.2 Å². The second-order valence-electron chi connectivity index (χ2n) is 6.52. The second kappa shape index (κ2) is 8.97.